The molecule has 1 aliphatic rings. The lowest BCUT2D eigenvalue weighted by molar-refractivity contribution is 0.102. The van der Waals surface area contributed by atoms with Crippen LogP contribution in [0.3, 0.4) is 0 Å². The van der Waals surface area contributed by atoms with Crippen molar-refractivity contribution in [3.8, 4) is 16.9 Å². The molecule has 0 unspecified atom stereocenters. The molecule has 4 aromatic rings. The van der Waals surface area contributed by atoms with E-state index < -0.39 is 17.5 Å². The topological polar surface area (TPSA) is 76.9 Å². The van der Waals surface area contributed by atoms with Gasteiger partial charge in [-0.1, -0.05) is 17.7 Å². The summed E-state index contributed by atoms with van der Waals surface area (Å²) in [6, 6.07) is 11.6. The van der Waals surface area contributed by atoms with E-state index in [1.807, 2.05) is 6.07 Å². The summed E-state index contributed by atoms with van der Waals surface area (Å²) in [6.45, 7) is 0. The fraction of sp³-hybridized carbons (Fsp3) is 0.0833. The van der Waals surface area contributed by atoms with Crippen LogP contribution < -0.4 is 5.32 Å². The highest BCUT2D eigenvalue weighted by molar-refractivity contribution is 6.33. The first-order valence-electron chi connectivity index (χ1n) is 10.0. The number of pyridine rings is 1. The van der Waals surface area contributed by atoms with Crippen LogP contribution in [0.15, 0.2) is 54.7 Å². The van der Waals surface area contributed by atoms with E-state index in [1.54, 1.807) is 24.3 Å². The van der Waals surface area contributed by atoms with E-state index in [2.05, 4.69) is 15.4 Å². The van der Waals surface area contributed by atoms with E-state index in [9.17, 15) is 18.4 Å². The smallest absolute Gasteiger partial charge is 0.258 e. The summed E-state index contributed by atoms with van der Waals surface area (Å²) in [7, 11) is 0. The van der Waals surface area contributed by atoms with Crippen LogP contribution in [0, 0.1) is 11.6 Å². The molecule has 1 amide bonds. The molecule has 2 aromatic carbocycles. The van der Waals surface area contributed by atoms with Crippen molar-refractivity contribution in [2.45, 2.75) is 12.8 Å². The Hall–Kier alpha value is -3.91. The lowest BCUT2D eigenvalue weighted by atomic mass is 9.88. The number of nitrogens with one attached hydrogen (secondary N) is 1. The number of fused-ring (bicyclic) bond motifs is 3. The fourth-order valence-electron chi connectivity index (χ4n) is 4.04. The summed E-state index contributed by atoms with van der Waals surface area (Å²) in [4.78, 5) is 28.3. The van der Waals surface area contributed by atoms with Gasteiger partial charge in [0.15, 0.2) is 6.29 Å². The normalized spacial score (nSPS) is 12.1. The fourth-order valence-corrected chi connectivity index (χ4v) is 4.24. The van der Waals surface area contributed by atoms with Gasteiger partial charge >= 0.3 is 0 Å². The third kappa shape index (κ3) is 3.78. The summed E-state index contributed by atoms with van der Waals surface area (Å²) in [5.74, 6) is -1.95. The zero-order valence-corrected chi connectivity index (χ0v) is 17.7. The zero-order valence-electron chi connectivity index (χ0n) is 17.0. The summed E-state index contributed by atoms with van der Waals surface area (Å²) < 4.78 is 29.2. The number of benzene rings is 2. The first-order valence-corrected chi connectivity index (χ1v) is 10.4. The molecule has 2 aromatic heterocycles. The van der Waals surface area contributed by atoms with E-state index in [4.69, 9.17) is 11.6 Å². The standard InChI is InChI=1S/C24H15ClF2N4O2/c25-23-19(2-1-7-28-23)24(33)29-16-5-3-13-4-6-18-21(12-32)30-31(22(18)20(13)11-16)17-9-14(26)8-15(27)10-17/h1-3,5,7-12H,4,6H2,(H,29,33). The molecule has 164 valence electrons. The molecule has 0 bridgehead atoms. The highest BCUT2D eigenvalue weighted by Gasteiger charge is 2.27. The van der Waals surface area contributed by atoms with Gasteiger partial charge in [0.1, 0.15) is 22.5 Å². The predicted molar refractivity (Wildman–Crippen MR) is 119 cm³/mol. The Kier molecular flexibility index (Phi) is 5.22. The quantitative estimate of drug-likeness (QED) is 0.339. The Bertz CT molecular complexity index is 1410. The molecule has 5 rings (SSSR count). The van der Waals surface area contributed by atoms with E-state index in [-0.39, 0.29) is 22.1 Å². The Morgan fingerprint density at radius 3 is 2.61 bits per heavy atom. The second-order valence-corrected chi connectivity index (χ2v) is 7.90. The Morgan fingerprint density at radius 1 is 1.09 bits per heavy atom. The second kappa shape index (κ2) is 8.22. The van der Waals surface area contributed by atoms with Crippen molar-refractivity contribution in [1.29, 1.82) is 0 Å². The predicted octanol–water partition coefficient (Wildman–Crippen LogP) is 5.03. The van der Waals surface area contributed by atoms with Crippen molar-refractivity contribution in [3.05, 3.63) is 93.9 Å². The first kappa shape index (κ1) is 21.0. The number of aromatic nitrogens is 3. The molecule has 0 aliphatic heterocycles. The van der Waals surface area contributed by atoms with Crippen LogP contribution in [0.25, 0.3) is 16.9 Å². The number of carbonyl (C=O) groups excluding carboxylic acids is 2. The Morgan fingerprint density at radius 2 is 1.88 bits per heavy atom. The second-order valence-electron chi connectivity index (χ2n) is 7.54. The maximum Gasteiger partial charge on any atom is 0.258 e. The van der Waals surface area contributed by atoms with Crippen LogP contribution in [0.2, 0.25) is 5.15 Å². The van der Waals surface area contributed by atoms with Crippen LogP contribution in [0.1, 0.15) is 32.0 Å². The van der Waals surface area contributed by atoms with Gasteiger partial charge in [-0.05, 0) is 54.8 Å². The average Bonchev–Trinajstić information content (AvgIpc) is 3.18. The van der Waals surface area contributed by atoms with Crippen LogP contribution >= 0.6 is 11.6 Å². The molecule has 33 heavy (non-hydrogen) atoms. The summed E-state index contributed by atoms with van der Waals surface area (Å²) in [6.07, 6.45) is 3.31. The monoisotopic (exact) mass is 464 g/mol. The molecule has 0 saturated heterocycles. The van der Waals surface area contributed by atoms with Gasteiger partial charge in [0, 0.05) is 29.1 Å². The zero-order chi connectivity index (χ0) is 23.1. The van der Waals surface area contributed by atoms with Crippen molar-refractivity contribution < 1.29 is 18.4 Å². The number of aldehydes is 1. The number of carbonyl (C=O) groups is 2. The lowest BCUT2D eigenvalue weighted by Crippen LogP contribution is -2.14. The third-order valence-electron chi connectivity index (χ3n) is 5.49. The molecule has 1 aliphatic carbocycles. The van der Waals surface area contributed by atoms with Crippen LogP contribution in [0.4, 0.5) is 14.5 Å². The van der Waals surface area contributed by atoms with Gasteiger partial charge in [-0.3, -0.25) is 9.59 Å². The number of rotatable bonds is 4. The molecule has 6 nitrogen and oxygen atoms in total. The summed E-state index contributed by atoms with van der Waals surface area (Å²) in [5.41, 5.74) is 3.96. The number of amides is 1. The number of hydrogen-bond acceptors (Lipinski definition) is 4. The van der Waals surface area contributed by atoms with Gasteiger partial charge in [0.25, 0.3) is 5.91 Å². The van der Waals surface area contributed by atoms with Crippen molar-refractivity contribution in [2.24, 2.45) is 0 Å². The SMILES string of the molecule is O=Cc1nn(-c2cc(F)cc(F)c2)c2c1CCc1ccc(NC(=O)c3cccnc3Cl)cc1-2. The Balaban J connectivity index is 1.61. The first-order chi connectivity index (χ1) is 15.9. The lowest BCUT2D eigenvalue weighted by Gasteiger charge is -2.20. The van der Waals surface area contributed by atoms with E-state index in [1.165, 1.54) is 10.9 Å². The van der Waals surface area contributed by atoms with Crippen molar-refractivity contribution >= 4 is 29.5 Å². The summed E-state index contributed by atoms with van der Waals surface area (Å²) in [5, 5.41) is 7.19. The van der Waals surface area contributed by atoms with Crippen LogP contribution in [0.5, 0.6) is 0 Å². The minimum absolute atomic E-state index is 0.0806. The van der Waals surface area contributed by atoms with Gasteiger partial charge in [-0.2, -0.15) is 5.10 Å². The molecule has 0 atom stereocenters. The maximum absolute atomic E-state index is 13.9. The van der Waals surface area contributed by atoms with Gasteiger partial charge in [-0.25, -0.2) is 18.4 Å². The molecule has 9 heteroatoms. The number of halogens is 3. The molecule has 0 saturated carbocycles. The van der Waals surface area contributed by atoms with E-state index in [0.717, 1.165) is 23.8 Å². The number of nitrogens with zero attached hydrogens (tertiary/aromatic N) is 3. The molecule has 0 spiro atoms. The Labute approximate surface area is 191 Å². The average molecular weight is 465 g/mol. The van der Waals surface area contributed by atoms with Gasteiger partial charge < -0.3 is 5.32 Å². The molecular weight excluding hydrogens is 450 g/mol. The molecule has 0 fully saturated rings. The van der Waals surface area contributed by atoms with Crippen molar-refractivity contribution in [3.63, 3.8) is 0 Å². The van der Waals surface area contributed by atoms with Crippen molar-refractivity contribution in [1.82, 2.24) is 14.8 Å². The van der Waals surface area contributed by atoms with Crippen LogP contribution in [-0.2, 0) is 12.8 Å². The number of anilines is 1. The number of aryl methyl sites for hydroxylation is 1. The largest absolute Gasteiger partial charge is 0.322 e. The van der Waals surface area contributed by atoms with E-state index in [0.29, 0.717) is 41.6 Å². The van der Waals surface area contributed by atoms with Gasteiger partial charge in [0.05, 0.1) is 16.9 Å². The molecule has 1 N–H and O–H groups in total. The number of hydrogen-bond donors (Lipinski definition) is 1. The summed E-state index contributed by atoms with van der Waals surface area (Å²) >= 11 is 6.02. The third-order valence-corrected chi connectivity index (χ3v) is 5.79. The maximum atomic E-state index is 13.9. The molecular formula is C24H15ClF2N4O2. The minimum atomic E-state index is -0.757. The van der Waals surface area contributed by atoms with E-state index >= 15 is 0 Å². The van der Waals surface area contributed by atoms with Gasteiger partial charge in [0.2, 0.25) is 0 Å². The van der Waals surface area contributed by atoms with Gasteiger partial charge in [-0.15, -0.1) is 0 Å². The molecule has 2 heterocycles. The van der Waals surface area contributed by atoms with Crippen molar-refractivity contribution in [2.75, 3.05) is 5.32 Å². The highest BCUT2D eigenvalue weighted by Crippen LogP contribution is 2.38. The highest BCUT2D eigenvalue weighted by atomic mass is 35.5. The minimum Gasteiger partial charge on any atom is -0.322 e. The van der Waals surface area contributed by atoms with Crippen LogP contribution in [-0.4, -0.2) is 27.0 Å². The molecule has 0 radical (unpaired) electrons.